The van der Waals surface area contributed by atoms with Gasteiger partial charge in [-0.1, -0.05) is 30.7 Å². The number of fused-ring (bicyclic) bond motifs is 1. The van der Waals surface area contributed by atoms with E-state index in [1.165, 1.54) is 5.69 Å². The molecule has 1 N–H and O–H groups in total. The molecule has 2 fully saturated rings. The summed E-state index contributed by atoms with van der Waals surface area (Å²) in [4.78, 5) is 17.8. The predicted molar refractivity (Wildman–Crippen MR) is 131 cm³/mol. The quantitative estimate of drug-likeness (QED) is 0.702. The number of hydrogen-bond donors (Lipinski definition) is 1. The van der Waals surface area contributed by atoms with Crippen molar-refractivity contribution in [3.8, 4) is 0 Å². The van der Waals surface area contributed by atoms with Crippen LogP contribution < -0.4 is 0 Å². The summed E-state index contributed by atoms with van der Waals surface area (Å²) in [5.41, 5.74) is 3.17. The van der Waals surface area contributed by atoms with Crippen LogP contribution in [0.1, 0.15) is 59.9 Å². The van der Waals surface area contributed by atoms with Gasteiger partial charge < -0.3 is 14.7 Å². The van der Waals surface area contributed by atoms with Gasteiger partial charge in [-0.25, -0.2) is 0 Å². The number of aromatic nitrogens is 2. The molecule has 1 aliphatic carbocycles. The van der Waals surface area contributed by atoms with E-state index in [0.717, 1.165) is 56.4 Å². The van der Waals surface area contributed by atoms with Gasteiger partial charge in [-0.2, -0.15) is 5.10 Å². The summed E-state index contributed by atoms with van der Waals surface area (Å²) in [5.74, 6) is 0.0470. The molecule has 1 unspecified atom stereocenters. The minimum atomic E-state index is -0.801. The third-order valence-corrected chi connectivity index (χ3v) is 8.03. The van der Waals surface area contributed by atoms with E-state index in [9.17, 15) is 9.90 Å². The third-order valence-electron chi connectivity index (χ3n) is 7.78. The number of carbonyl (C=O) groups is 1. The molecular formula is C26H35ClN4O3. The summed E-state index contributed by atoms with van der Waals surface area (Å²) in [6.45, 7) is 7.14. The van der Waals surface area contributed by atoms with E-state index >= 15 is 0 Å². The lowest BCUT2D eigenvalue weighted by molar-refractivity contribution is -0.0370. The summed E-state index contributed by atoms with van der Waals surface area (Å²) >= 11 is 6.04. The summed E-state index contributed by atoms with van der Waals surface area (Å²) in [6.07, 6.45) is 5.26. The Bertz CT molecular complexity index is 1010. The van der Waals surface area contributed by atoms with Crippen LogP contribution >= 0.6 is 11.6 Å². The Kier molecular flexibility index (Phi) is 6.98. The van der Waals surface area contributed by atoms with Crippen molar-refractivity contribution in [3.63, 3.8) is 0 Å². The molecule has 0 bridgehead atoms. The second kappa shape index (κ2) is 9.97. The van der Waals surface area contributed by atoms with Crippen LogP contribution in [0.4, 0.5) is 0 Å². The average Bonchev–Trinajstić information content (AvgIpc) is 3.23. The van der Waals surface area contributed by atoms with Crippen LogP contribution in [-0.4, -0.2) is 76.0 Å². The van der Waals surface area contributed by atoms with E-state index in [1.807, 2.05) is 29.2 Å². The molecule has 3 aliphatic rings. The van der Waals surface area contributed by atoms with Gasteiger partial charge in [-0.15, -0.1) is 0 Å². The first kappa shape index (κ1) is 23.8. The lowest BCUT2D eigenvalue weighted by Crippen LogP contribution is -2.49. The number of piperidine rings is 1. The normalized spacial score (nSPS) is 23.0. The molecule has 2 aromatic rings. The number of morpholine rings is 1. The van der Waals surface area contributed by atoms with Gasteiger partial charge in [0.1, 0.15) is 0 Å². The van der Waals surface area contributed by atoms with E-state index in [1.54, 1.807) is 0 Å². The Labute approximate surface area is 206 Å². The minimum absolute atomic E-state index is 0.0470. The molecule has 0 saturated carbocycles. The zero-order valence-corrected chi connectivity index (χ0v) is 20.8. The molecule has 34 heavy (non-hydrogen) atoms. The molecule has 0 radical (unpaired) electrons. The third kappa shape index (κ3) is 4.63. The number of hydrogen-bond acceptors (Lipinski definition) is 5. The number of benzene rings is 1. The second-order valence-electron chi connectivity index (χ2n) is 9.87. The van der Waals surface area contributed by atoms with Gasteiger partial charge >= 0.3 is 0 Å². The minimum Gasteiger partial charge on any atom is -0.385 e. The molecule has 8 heteroatoms. The molecule has 5 rings (SSSR count). The van der Waals surface area contributed by atoms with Crippen LogP contribution in [0.3, 0.4) is 0 Å². The Morgan fingerprint density at radius 1 is 1.18 bits per heavy atom. The van der Waals surface area contributed by atoms with Crippen LogP contribution in [0.15, 0.2) is 24.3 Å². The first-order valence-electron chi connectivity index (χ1n) is 12.7. The zero-order chi connectivity index (χ0) is 23.7. The molecule has 3 heterocycles. The highest BCUT2D eigenvalue weighted by atomic mass is 35.5. The summed E-state index contributed by atoms with van der Waals surface area (Å²) < 4.78 is 7.52. The maximum absolute atomic E-state index is 13.4. The number of ether oxygens (including phenoxy) is 1. The first-order chi connectivity index (χ1) is 16.5. The van der Waals surface area contributed by atoms with Crippen molar-refractivity contribution < 1.29 is 14.6 Å². The highest BCUT2D eigenvalue weighted by molar-refractivity contribution is 6.30. The molecular weight excluding hydrogens is 452 g/mol. The maximum atomic E-state index is 13.4. The van der Waals surface area contributed by atoms with Gasteiger partial charge in [0.2, 0.25) is 0 Å². The standard InChI is InChI=1S/C26H35ClN4O3/c1-2-11-31-23-8-7-21(18-22(23)24(28-31)25(32)30-14-16-34-17-15-30)29-12-9-26(33,10-13-29)19-3-5-20(27)6-4-19/h3-6,21,33H,2,7-18H2,1H3. The smallest absolute Gasteiger partial charge is 0.274 e. The van der Waals surface area contributed by atoms with Crippen molar-refractivity contribution in [2.24, 2.45) is 0 Å². The molecule has 1 aromatic heterocycles. The monoisotopic (exact) mass is 486 g/mol. The van der Waals surface area contributed by atoms with E-state index in [0.29, 0.717) is 55.9 Å². The zero-order valence-electron chi connectivity index (χ0n) is 20.0. The van der Waals surface area contributed by atoms with Crippen LogP contribution in [0.25, 0.3) is 0 Å². The van der Waals surface area contributed by atoms with Gasteiger partial charge in [0, 0.05) is 55.0 Å². The highest BCUT2D eigenvalue weighted by Crippen LogP contribution is 2.36. The van der Waals surface area contributed by atoms with Gasteiger partial charge in [0.05, 0.1) is 18.8 Å². The number of halogens is 1. The second-order valence-corrected chi connectivity index (χ2v) is 10.3. The number of amides is 1. The number of carbonyl (C=O) groups excluding carboxylic acids is 1. The van der Waals surface area contributed by atoms with Crippen LogP contribution in [0, 0.1) is 0 Å². The van der Waals surface area contributed by atoms with E-state index in [4.69, 9.17) is 21.4 Å². The van der Waals surface area contributed by atoms with Crippen molar-refractivity contribution in [1.82, 2.24) is 19.6 Å². The number of aryl methyl sites for hydroxylation is 1. The van der Waals surface area contributed by atoms with Gasteiger partial charge in [0.15, 0.2) is 5.69 Å². The predicted octanol–water partition coefficient (Wildman–Crippen LogP) is 3.26. The van der Waals surface area contributed by atoms with Crippen LogP contribution in [0.5, 0.6) is 0 Å². The Balaban J connectivity index is 1.31. The number of likely N-dealkylation sites (tertiary alicyclic amines) is 1. The number of nitrogens with zero attached hydrogens (tertiary/aromatic N) is 4. The van der Waals surface area contributed by atoms with E-state index in [2.05, 4.69) is 16.5 Å². The Morgan fingerprint density at radius 3 is 2.56 bits per heavy atom. The summed E-state index contributed by atoms with van der Waals surface area (Å²) in [7, 11) is 0. The molecule has 1 atom stereocenters. The largest absolute Gasteiger partial charge is 0.385 e. The molecule has 184 valence electrons. The average molecular weight is 487 g/mol. The fourth-order valence-corrected chi connectivity index (χ4v) is 5.90. The van der Waals surface area contributed by atoms with Crippen molar-refractivity contribution in [2.45, 2.75) is 63.6 Å². The fraction of sp³-hybridized carbons (Fsp3) is 0.615. The molecule has 7 nitrogen and oxygen atoms in total. The molecule has 2 aliphatic heterocycles. The maximum Gasteiger partial charge on any atom is 0.274 e. The van der Waals surface area contributed by atoms with Crippen LogP contribution in [-0.2, 0) is 29.7 Å². The Hall–Kier alpha value is -1.93. The number of rotatable bonds is 5. The summed E-state index contributed by atoms with van der Waals surface area (Å²) in [6, 6.07) is 7.96. The topological polar surface area (TPSA) is 70.8 Å². The summed E-state index contributed by atoms with van der Waals surface area (Å²) in [5, 5.41) is 16.8. The molecule has 0 spiro atoms. The van der Waals surface area contributed by atoms with Gasteiger partial charge in [0.25, 0.3) is 5.91 Å². The highest BCUT2D eigenvalue weighted by Gasteiger charge is 2.38. The SMILES string of the molecule is CCCn1nc(C(=O)N2CCOCC2)c2c1CCC(N1CCC(O)(c3ccc(Cl)cc3)CC1)C2. The van der Waals surface area contributed by atoms with Crippen molar-refractivity contribution in [1.29, 1.82) is 0 Å². The van der Waals surface area contributed by atoms with E-state index < -0.39 is 5.60 Å². The number of aliphatic hydroxyl groups is 1. The molecule has 2 saturated heterocycles. The van der Waals surface area contributed by atoms with Gasteiger partial charge in [-0.05, 0) is 56.2 Å². The fourth-order valence-electron chi connectivity index (χ4n) is 5.77. The lowest BCUT2D eigenvalue weighted by Gasteiger charge is -2.43. The van der Waals surface area contributed by atoms with E-state index in [-0.39, 0.29) is 5.91 Å². The van der Waals surface area contributed by atoms with Crippen LogP contribution in [0.2, 0.25) is 5.02 Å². The molecule has 1 amide bonds. The first-order valence-corrected chi connectivity index (χ1v) is 13.0. The van der Waals surface area contributed by atoms with Crippen molar-refractivity contribution in [2.75, 3.05) is 39.4 Å². The van der Waals surface area contributed by atoms with Crippen molar-refractivity contribution >= 4 is 17.5 Å². The lowest BCUT2D eigenvalue weighted by atomic mass is 9.82. The van der Waals surface area contributed by atoms with Gasteiger partial charge in [-0.3, -0.25) is 14.4 Å². The van der Waals surface area contributed by atoms with Crippen molar-refractivity contribution in [3.05, 3.63) is 51.8 Å². The Morgan fingerprint density at radius 2 is 1.88 bits per heavy atom. The molecule has 1 aromatic carbocycles.